The number of aromatic nitrogens is 5. The van der Waals surface area contributed by atoms with Crippen LogP contribution in [0.5, 0.6) is 0 Å². The van der Waals surface area contributed by atoms with E-state index in [2.05, 4.69) is 38.7 Å². The highest BCUT2D eigenvalue weighted by Crippen LogP contribution is 2.25. The van der Waals surface area contributed by atoms with Crippen molar-refractivity contribution in [1.82, 2.24) is 24.5 Å². The van der Waals surface area contributed by atoms with Crippen molar-refractivity contribution in [2.45, 2.75) is 32.7 Å². The van der Waals surface area contributed by atoms with Crippen molar-refractivity contribution in [3.8, 4) is 5.95 Å². The molecule has 3 rings (SSSR count). The number of nitrogens with zero attached hydrogens (tertiary/aromatic N) is 6. The first-order valence-corrected chi connectivity index (χ1v) is 6.90. The summed E-state index contributed by atoms with van der Waals surface area (Å²) in [7, 11) is 0. The van der Waals surface area contributed by atoms with Gasteiger partial charge in [-0.1, -0.05) is 6.92 Å². The lowest BCUT2D eigenvalue weighted by atomic mass is 9.95. The number of piperidine rings is 1. The van der Waals surface area contributed by atoms with Crippen LogP contribution in [0.25, 0.3) is 5.95 Å². The van der Waals surface area contributed by atoms with Gasteiger partial charge in [0.25, 0.3) is 0 Å². The van der Waals surface area contributed by atoms with Gasteiger partial charge < -0.3 is 10.6 Å². The lowest BCUT2D eigenvalue weighted by Crippen LogP contribution is -2.42. The molecule has 20 heavy (non-hydrogen) atoms. The molecule has 0 saturated carbocycles. The van der Waals surface area contributed by atoms with Crippen LogP contribution in [0, 0.1) is 5.92 Å². The highest BCUT2D eigenvalue weighted by Gasteiger charge is 2.25. The molecule has 1 fully saturated rings. The zero-order valence-electron chi connectivity index (χ0n) is 11.8. The topological polar surface area (TPSA) is 85.8 Å². The molecule has 2 aromatic rings. The Kier molecular flexibility index (Phi) is 3.25. The van der Waals surface area contributed by atoms with E-state index in [0.717, 1.165) is 13.0 Å². The van der Waals surface area contributed by atoms with Gasteiger partial charge in [0.15, 0.2) is 0 Å². The van der Waals surface area contributed by atoms with Crippen molar-refractivity contribution >= 4 is 11.9 Å². The Morgan fingerprint density at radius 3 is 2.70 bits per heavy atom. The minimum Gasteiger partial charge on any atom is -0.368 e. The maximum Gasteiger partial charge on any atom is 0.241 e. The number of hydrogen-bond donors (Lipinski definition) is 1. The Morgan fingerprint density at radius 2 is 1.95 bits per heavy atom. The number of nitrogens with two attached hydrogens (primary N) is 1. The summed E-state index contributed by atoms with van der Waals surface area (Å²) < 4.78 is 1.74. The van der Waals surface area contributed by atoms with Gasteiger partial charge in [-0.3, -0.25) is 4.57 Å². The average molecular weight is 273 g/mol. The lowest BCUT2D eigenvalue weighted by Gasteiger charge is -2.36. The van der Waals surface area contributed by atoms with E-state index in [1.165, 1.54) is 6.42 Å². The normalized spacial score (nSPS) is 23.0. The van der Waals surface area contributed by atoms with Gasteiger partial charge in [-0.15, -0.1) is 0 Å². The molecule has 1 aliphatic heterocycles. The largest absolute Gasteiger partial charge is 0.368 e. The first-order chi connectivity index (χ1) is 9.63. The van der Waals surface area contributed by atoms with Crippen molar-refractivity contribution < 1.29 is 0 Å². The molecule has 2 unspecified atom stereocenters. The molecular formula is C13H19N7. The molecule has 7 heteroatoms. The van der Waals surface area contributed by atoms with Crippen LogP contribution in [-0.2, 0) is 0 Å². The summed E-state index contributed by atoms with van der Waals surface area (Å²) in [5.74, 6) is 2.04. The second kappa shape index (κ2) is 5.07. The molecule has 106 valence electrons. The van der Waals surface area contributed by atoms with Crippen LogP contribution >= 0.6 is 0 Å². The molecule has 2 N–H and O–H groups in total. The van der Waals surface area contributed by atoms with Crippen LogP contribution in [0.3, 0.4) is 0 Å². The van der Waals surface area contributed by atoms with E-state index >= 15 is 0 Å². The summed E-state index contributed by atoms with van der Waals surface area (Å²) in [5.41, 5.74) is 5.83. The zero-order valence-corrected chi connectivity index (χ0v) is 11.8. The molecule has 0 radical (unpaired) electrons. The number of imidazole rings is 1. The standard InChI is InChI=1S/C13H19N7/c1-9-3-4-10(2)20(7-9)13-17-11(14)16-12(18-13)19-6-5-15-8-19/h5-6,8-10H,3-4,7H2,1-2H3,(H2,14,16,17,18). The van der Waals surface area contributed by atoms with E-state index in [0.29, 0.717) is 23.9 Å². The fourth-order valence-electron chi connectivity index (χ4n) is 2.56. The number of anilines is 2. The van der Waals surface area contributed by atoms with Gasteiger partial charge in [-0.2, -0.15) is 15.0 Å². The van der Waals surface area contributed by atoms with Gasteiger partial charge in [0.05, 0.1) is 0 Å². The van der Waals surface area contributed by atoms with Crippen LogP contribution in [0.2, 0.25) is 0 Å². The van der Waals surface area contributed by atoms with Crippen LogP contribution in [0.1, 0.15) is 26.7 Å². The summed E-state index contributed by atoms with van der Waals surface area (Å²) in [6.07, 6.45) is 7.52. The number of nitrogen functional groups attached to an aromatic ring is 1. The third-order valence-corrected chi connectivity index (χ3v) is 3.74. The zero-order chi connectivity index (χ0) is 14.1. The minimum atomic E-state index is 0.240. The Hall–Kier alpha value is -2.18. The molecule has 0 aromatic carbocycles. The predicted octanol–water partition coefficient (Wildman–Crippen LogP) is 1.26. The summed E-state index contributed by atoms with van der Waals surface area (Å²) in [6, 6.07) is 0.420. The summed E-state index contributed by atoms with van der Waals surface area (Å²) in [5, 5.41) is 0. The number of rotatable bonds is 2. The molecular weight excluding hydrogens is 254 g/mol. The van der Waals surface area contributed by atoms with Gasteiger partial charge in [0, 0.05) is 25.0 Å². The van der Waals surface area contributed by atoms with Crippen LogP contribution < -0.4 is 10.6 Å². The van der Waals surface area contributed by atoms with Gasteiger partial charge in [0.2, 0.25) is 17.8 Å². The van der Waals surface area contributed by atoms with E-state index in [-0.39, 0.29) is 5.95 Å². The highest BCUT2D eigenvalue weighted by atomic mass is 15.3. The van der Waals surface area contributed by atoms with Crippen molar-refractivity contribution in [2.75, 3.05) is 17.2 Å². The smallest absolute Gasteiger partial charge is 0.241 e. The average Bonchev–Trinajstić information content (AvgIpc) is 2.95. The molecule has 2 aromatic heterocycles. The molecule has 2 atom stereocenters. The van der Waals surface area contributed by atoms with E-state index in [1.807, 2.05) is 0 Å². The summed E-state index contributed by atoms with van der Waals surface area (Å²) in [4.78, 5) is 19.2. The highest BCUT2D eigenvalue weighted by molar-refractivity contribution is 5.39. The first-order valence-electron chi connectivity index (χ1n) is 6.90. The van der Waals surface area contributed by atoms with Crippen molar-refractivity contribution in [1.29, 1.82) is 0 Å². The maximum absolute atomic E-state index is 5.83. The maximum atomic E-state index is 5.83. The molecule has 1 saturated heterocycles. The van der Waals surface area contributed by atoms with E-state index in [9.17, 15) is 0 Å². The van der Waals surface area contributed by atoms with Crippen LogP contribution in [0.15, 0.2) is 18.7 Å². The predicted molar refractivity (Wildman–Crippen MR) is 76.6 cm³/mol. The van der Waals surface area contributed by atoms with Gasteiger partial charge in [-0.25, -0.2) is 4.98 Å². The third-order valence-electron chi connectivity index (χ3n) is 3.74. The van der Waals surface area contributed by atoms with E-state index < -0.39 is 0 Å². The van der Waals surface area contributed by atoms with Crippen LogP contribution in [0.4, 0.5) is 11.9 Å². The Bertz CT molecular complexity index is 580. The quantitative estimate of drug-likeness (QED) is 0.886. The Morgan fingerprint density at radius 1 is 1.15 bits per heavy atom. The molecule has 1 aliphatic rings. The fraction of sp³-hybridized carbons (Fsp3) is 0.538. The van der Waals surface area contributed by atoms with Crippen LogP contribution in [-0.4, -0.2) is 37.1 Å². The fourth-order valence-corrected chi connectivity index (χ4v) is 2.56. The summed E-state index contributed by atoms with van der Waals surface area (Å²) in [6.45, 7) is 5.40. The third kappa shape index (κ3) is 2.43. The Labute approximate surface area is 117 Å². The van der Waals surface area contributed by atoms with Gasteiger partial charge in [-0.05, 0) is 25.7 Å². The van der Waals surface area contributed by atoms with Crippen molar-refractivity contribution in [3.05, 3.63) is 18.7 Å². The lowest BCUT2D eigenvalue weighted by molar-refractivity contribution is 0.385. The molecule has 0 amide bonds. The second-order valence-corrected chi connectivity index (χ2v) is 5.45. The first kappa shape index (κ1) is 12.8. The monoisotopic (exact) mass is 273 g/mol. The molecule has 0 spiro atoms. The molecule has 7 nitrogen and oxygen atoms in total. The molecule has 3 heterocycles. The van der Waals surface area contributed by atoms with Crippen molar-refractivity contribution in [2.24, 2.45) is 5.92 Å². The Balaban J connectivity index is 1.97. The minimum absolute atomic E-state index is 0.240. The van der Waals surface area contributed by atoms with Crippen molar-refractivity contribution in [3.63, 3.8) is 0 Å². The van der Waals surface area contributed by atoms with Gasteiger partial charge in [0.1, 0.15) is 6.33 Å². The van der Waals surface area contributed by atoms with E-state index in [1.54, 1.807) is 23.3 Å². The van der Waals surface area contributed by atoms with Gasteiger partial charge >= 0.3 is 0 Å². The molecule has 0 bridgehead atoms. The van der Waals surface area contributed by atoms with E-state index in [4.69, 9.17) is 5.73 Å². The molecule has 0 aliphatic carbocycles. The summed E-state index contributed by atoms with van der Waals surface area (Å²) >= 11 is 0. The SMILES string of the molecule is CC1CCC(C)N(c2nc(N)nc(-n3ccnc3)n2)C1. The number of hydrogen-bond acceptors (Lipinski definition) is 6. The second-order valence-electron chi connectivity index (χ2n) is 5.45.